The number of ketones is 1. The molecule has 0 radical (unpaired) electrons. The first-order valence-electron chi connectivity index (χ1n) is 14.6. The van der Waals surface area contributed by atoms with E-state index in [1.807, 2.05) is 57.2 Å². The lowest BCUT2D eigenvalue weighted by Crippen LogP contribution is -2.41. The zero-order valence-electron chi connectivity index (χ0n) is 24.5. The summed E-state index contributed by atoms with van der Waals surface area (Å²) in [6, 6.07) is 24.1. The van der Waals surface area contributed by atoms with Crippen LogP contribution in [-0.2, 0) is 11.3 Å². The fourth-order valence-corrected chi connectivity index (χ4v) is 5.85. The van der Waals surface area contributed by atoms with E-state index in [1.54, 1.807) is 6.07 Å². The van der Waals surface area contributed by atoms with Crippen LogP contribution in [0.5, 0.6) is 0 Å². The van der Waals surface area contributed by atoms with Gasteiger partial charge in [-0.05, 0) is 81.0 Å². The first-order chi connectivity index (χ1) is 20.7. The fraction of sp³-hybridized carbons (Fsp3) is 0.324. The maximum Gasteiger partial charge on any atom is 0.407 e. The first-order valence-corrected chi connectivity index (χ1v) is 14.6. The van der Waals surface area contributed by atoms with Crippen molar-refractivity contribution < 1.29 is 18.7 Å². The average molecular weight is 576 g/mol. The molecular weight excluding hydrogens is 542 g/mol. The number of nitrogens with zero attached hydrogens (tertiary/aromatic N) is 4. The number of benzene rings is 3. The number of Topliss-reactive ketones (excluding diaryl/α,β-unsaturated/α-hetero) is 1. The Morgan fingerprint density at radius 1 is 1.00 bits per heavy atom. The van der Waals surface area contributed by atoms with E-state index in [9.17, 15) is 14.9 Å². The van der Waals surface area contributed by atoms with Gasteiger partial charge in [-0.3, -0.25) is 4.79 Å². The third-order valence-electron chi connectivity index (χ3n) is 7.92. The second-order valence-corrected chi connectivity index (χ2v) is 12.1. The molecular formula is C34H33N5O4. The van der Waals surface area contributed by atoms with Gasteiger partial charge in [0.2, 0.25) is 5.78 Å². The Morgan fingerprint density at radius 3 is 2.53 bits per heavy atom. The van der Waals surface area contributed by atoms with Crippen LogP contribution in [0.1, 0.15) is 68.3 Å². The highest BCUT2D eigenvalue weighted by Gasteiger charge is 2.32. The lowest BCUT2D eigenvalue weighted by atomic mass is 9.83. The molecule has 1 aliphatic carbocycles. The standard InChI is InChI=1S/C34H33N5O4/c1-34(2,3)43-33(41)36-26-15-13-23(14-16-26)30(40)32-38-37-31(42-32)29-18-24-12-11-21(19-35)17-28(24)39(29)20-25-9-6-8-22-7-4-5-10-27(22)25/h4-12,17-18,23,26H,13-16,20H2,1-3H3,(H,36,41)/t23-,26-. The number of nitriles is 1. The third kappa shape index (κ3) is 6.00. The maximum atomic E-state index is 13.4. The largest absolute Gasteiger partial charge is 0.444 e. The number of ether oxygens (including phenoxy) is 1. The van der Waals surface area contributed by atoms with Crippen molar-refractivity contribution in [1.82, 2.24) is 20.1 Å². The molecule has 218 valence electrons. The van der Waals surface area contributed by atoms with Crippen molar-refractivity contribution in [3.63, 3.8) is 0 Å². The highest BCUT2D eigenvalue weighted by molar-refractivity contribution is 5.94. The van der Waals surface area contributed by atoms with E-state index in [-0.39, 0.29) is 29.5 Å². The monoisotopic (exact) mass is 575 g/mol. The van der Waals surface area contributed by atoms with Crippen molar-refractivity contribution in [3.8, 4) is 17.7 Å². The Morgan fingerprint density at radius 2 is 1.77 bits per heavy atom. The van der Waals surface area contributed by atoms with Crippen molar-refractivity contribution >= 4 is 33.6 Å². The molecule has 1 N–H and O–H groups in total. The van der Waals surface area contributed by atoms with Crippen LogP contribution >= 0.6 is 0 Å². The van der Waals surface area contributed by atoms with Crippen LogP contribution in [0.4, 0.5) is 4.79 Å². The molecule has 0 spiro atoms. The normalized spacial score (nSPS) is 17.1. The minimum Gasteiger partial charge on any atom is -0.444 e. The molecule has 0 bridgehead atoms. The van der Waals surface area contributed by atoms with Crippen molar-refractivity contribution in [2.75, 3.05) is 0 Å². The lowest BCUT2D eigenvalue weighted by Gasteiger charge is -2.28. The molecule has 1 aliphatic rings. The van der Waals surface area contributed by atoms with Crippen molar-refractivity contribution in [2.24, 2.45) is 5.92 Å². The molecule has 3 aromatic carbocycles. The van der Waals surface area contributed by atoms with Gasteiger partial charge in [0.1, 0.15) is 11.3 Å². The number of hydrogen-bond donors (Lipinski definition) is 1. The van der Waals surface area contributed by atoms with Gasteiger partial charge in [-0.2, -0.15) is 5.26 Å². The second kappa shape index (κ2) is 11.4. The molecule has 2 heterocycles. The van der Waals surface area contributed by atoms with Gasteiger partial charge in [-0.15, -0.1) is 10.2 Å². The van der Waals surface area contributed by atoms with Crippen LogP contribution in [-0.4, -0.2) is 38.3 Å². The van der Waals surface area contributed by atoms with Gasteiger partial charge >= 0.3 is 6.09 Å². The Kier molecular flexibility index (Phi) is 7.45. The second-order valence-electron chi connectivity index (χ2n) is 12.1. The molecule has 5 aromatic rings. The molecule has 1 saturated carbocycles. The van der Waals surface area contributed by atoms with Crippen LogP contribution in [0.25, 0.3) is 33.3 Å². The third-order valence-corrected chi connectivity index (χ3v) is 7.92. The Labute approximate surface area is 249 Å². The van der Waals surface area contributed by atoms with E-state index >= 15 is 0 Å². The molecule has 0 saturated heterocycles. The van der Waals surface area contributed by atoms with Crippen LogP contribution in [0.15, 0.2) is 71.1 Å². The van der Waals surface area contributed by atoms with Gasteiger partial charge in [0.05, 0.1) is 17.1 Å². The van der Waals surface area contributed by atoms with Crippen LogP contribution in [0, 0.1) is 17.2 Å². The molecule has 2 aromatic heterocycles. The average Bonchev–Trinajstić information content (AvgIpc) is 3.61. The number of rotatable bonds is 6. The molecule has 1 amide bonds. The minimum atomic E-state index is -0.564. The van der Waals surface area contributed by atoms with E-state index in [0.717, 1.165) is 27.2 Å². The van der Waals surface area contributed by atoms with Gasteiger partial charge in [0, 0.05) is 23.9 Å². The summed E-state index contributed by atoms with van der Waals surface area (Å²) in [5.74, 6) is -0.209. The topological polar surface area (TPSA) is 123 Å². The molecule has 0 atom stereocenters. The molecule has 9 heteroatoms. The SMILES string of the molecule is CC(C)(C)OC(=O)N[C@H]1CC[C@H](C(=O)c2nnc(-c3cc4ccc(C#N)cc4n3Cc3cccc4ccccc34)o2)CC1. The molecule has 1 fully saturated rings. The van der Waals surface area contributed by atoms with Crippen molar-refractivity contribution in [3.05, 3.63) is 83.7 Å². The summed E-state index contributed by atoms with van der Waals surface area (Å²) in [4.78, 5) is 25.5. The zero-order chi connectivity index (χ0) is 30.1. The van der Waals surface area contributed by atoms with E-state index in [0.29, 0.717) is 43.5 Å². The number of amides is 1. The van der Waals surface area contributed by atoms with E-state index in [1.165, 1.54) is 0 Å². The van der Waals surface area contributed by atoms with Crippen molar-refractivity contribution in [2.45, 2.75) is 64.6 Å². The number of carbonyl (C=O) groups is 2. The van der Waals surface area contributed by atoms with E-state index < -0.39 is 11.7 Å². The maximum absolute atomic E-state index is 13.4. The molecule has 0 unspecified atom stereocenters. The number of alkyl carbamates (subject to hydrolysis) is 1. The predicted octanol–water partition coefficient (Wildman–Crippen LogP) is 7.03. The fourth-order valence-electron chi connectivity index (χ4n) is 5.85. The van der Waals surface area contributed by atoms with Gasteiger partial charge in [0.25, 0.3) is 11.8 Å². The molecule has 0 aliphatic heterocycles. The quantitative estimate of drug-likeness (QED) is 0.216. The summed E-state index contributed by atoms with van der Waals surface area (Å²) < 4.78 is 13.5. The van der Waals surface area contributed by atoms with Crippen LogP contribution in [0.2, 0.25) is 0 Å². The number of fused-ring (bicyclic) bond motifs is 2. The van der Waals surface area contributed by atoms with Gasteiger partial charge in [-0.25, -0.2) is 4.79 Å². The predicted molar refractivity (Wildman–Crippen MR) is 162 cm³/mol. The Hall–Kier alpha value is -4.97. The van der Waals surface area contributed by atoms with Gasteiger partial charge < -0.3 is 19.0 Å². The lowest BCUT2D eigenvalue weighted by molar-refractivity contribution is 0.0486. The van der Waals surface area contributed by atoms with E-state index in [2.05, 4.69) is 50.4 Å². The summed E-state index contributed by atoms with van der Waals surface area (Å²) in [6.07, 6.45) is 2.10. The number of aromatic nitrogens is 3. The zero-order valence-corrected chi connectivity index (χ0v) is 24.5. The summed E-state index contributed by atoms with van der Waals surface area (Å²) in [7, 11) is 0. The molecule has 9 nitrogen and oxygen atoms in total. The molecule has 43 heavy (non-hydrogen) atoms. The van der Waals surface area contributed by atoms with Crippen LogP contribution in [0.3, 0.4) is 0 Å². The van der Waals surface area contributed by atoms with Gasteiger partial charge in [-0.1, -0.05) is 48.5 Å². The first kappa shape index (κ1) is 28.2. The summed E-state index contributed by atoms with van der Waals surface area (Å²) in [5.41, 5.74) is 2.63. The Bertz CT molecular complexity index is 1860. The molecule has 6 rings (SSSR count). The summed E-state index contributed by atoms with van der Waals surface area (Å²) in [6.45, 7) is 5.99. The number of hydrogen-bond acceptors (Lipinski definition) is 7. The van der Waals surface area contributed by atoms with E-state index in [4.69, 9.17) is 9.15 Å². The van der Waals surface area contributed by atoms with Gasteiger partial charge in [0.15, 0.2) is 0 Å². The number of carbonyl (C=O) groups excluding carboxylic acids is 2. The summed E-state index contributed by atoms with van der Waals surface area (Å²) >= 11 is 0. The van der Waals surface area contributed by atoms with Crippen LogP contribution < -0.4 is 5.32 Å². The smallest absolute Gasteiger partial charge is 0.407 e. The summed E-state index contributed by atoms with van der Waals surface area (Å²) in [5, 5.41) is 24.1. The number of nitrogens with one attached hydrogen (secondary N) is 1. The highest BCUT2D eigenvalue weighted by Crippen LogP contribution is 2.32. The highest BCUT2D eigenvalue weighted by atomic mass is 16.6. The van der Waals surface area contributed by atoms with Crippen molar-refractivity contribution in [1.29, 1.82) is 5.26 Å². The minimum absolute atomic E-state index is 0.0155. The Balaban J connectivity index is 1.25.